The van der Waals surface area contributed by atoms with Crippen molar-refractivity contribution in [3.05, 3.63) is 46.9 Å². The van der Waals surface area contributed by atoms with Gasteiger partial charge in [0.1, 0.15) is 11.6 Å². The van der Waals surface area contributed by atoms with Crippen LogP contribution < -0.4 is 4.74 Å². The number of benzene rings is 1. The number of hydrogen-bond acceptors (Lipinski definition) is 2. The van der Waals surface area contributed by atoms with Crippen molar-refractivity contribution in [3.63, 3.8) is 0 Å². The van der Waals surface area contributed by atoms with Gasteiger partial charge in [-0.3, -0.25) is 4.98 Å². The molecular weight excluding hydrogens is 313 g/mol. The van der Waals surface area contributed by atoms with Crippen molar-refractivity contribution < 1.29 is 9.13 Å². The molecule has 0 radical (unpaired) electrons. The van der Waals surface area contributed by atoms with E-state index in [1.165, 1.54) is 30.0 Å². The molecule has 134 valence electrons. The molecule has 0 saturated heterocycles. The second-order valence-electron chi connectivity index (χ2n) is 8.42. The molecule has 1 fully saturated rings. The van der Waals surface area contributed by atoms with E-state index in [2.05, 4.69) is 26.8 Å². The molecule has 0 unspecified atom stereocenters. The molecular formula is C22H28FNO. The summed E-state index contributed by atoms with van der Waals surface area (Å²) in [5, 5.41) is 0. The molecule has 0 N–H and O–H groups in total. The maximum atomic E-state index is 14.4. The summed E-state index contributed by atoms with van der Waals surface area (Å²) in [5.74, 6) is 1.08. The van der Waals surface area contributed by atoms with Crippen LogP contribution in [-0.2, 0) is 5.41 Å². The zero-order valence-electron chi connectivity index (χ0n) is 16.1. The van der Waals surface area contributed by atoms with Crippen LogP contribution in [-0.4, -0.2) is 12.1 Å². The lowest BCUT2D eigenvalue weighted by Crippen LogP contribution is -2.15. The summed E-state index contributed by atoms with van der Waals surface area (Å²) in [6.07, 6.45) is 4.49. The van der Waals surface area contributed by atoms with Gasteiger partial charge in [0.05, 0.1) is 12.8 Å². The van der Waals surface area contributed by atoms with Crippen molar-refractivity contribution >= 4 is 0 Å². The molecule has 1 aliphatic rings. The van der Waals surface area contributed by atoms with E-state index >= 15 is 0 Å². The molecule has 3 heteroatoms. The molecule has 0 aliphatic heterocycles. The minimum Gasteiger partial charge on any atom is -0.496 e. The predicted octanol–water partition coefficient (Wildman–Crippen LogP) is 6.19. The van der Waals surface area contributed by atoms with Gasteiger partial charge in [0.2, 0.25) is 0 Å². The van der Waals surface area contributed by atoms with Crippen molar-refractivity contribution in [2.45, 2.75) is 64.7 Å². The number of methoxy groups -OCH3 is 1. The highest BCUT2D eigenvalue weighted by atomic mass is 19.1. The van der Waals surface area contributed by atoms with Gasteiger partial charge < -0.3 is 4.74 Å². The van der Waals surface area contributed by atoms with Crippen LogP contribution in [0.15, 0.2) is 24.4 Å². The average molecular weight is 341 g/mol. The van der Waals surface area contributed by atoms with Gasteiger partial charge >= 0.3 is 0 Å². The third-order valence-electron chi connectivity index (χ3n) is 4.96. The molecule has 0 amide bonds. The monoisotopic (exact) mass is 341 g/mol. The first kappa shape index (κ1) is 17.9. The summed E-state index contributed by atoms with van der Waals surface area (Å²) < 4.78 is 19.9. The van der Waals surface area contributed by atoms with Crippen LogP contribution >= 0.6 is 0 Å². The zero-order chi connectivity index (χ0) is 18.4. The van der Waals surface area contributed by atoms with Gasteiger partial charge in [-0.15, -0.1) is 0 Å². The van der Waals surface area contributed by atoms with Crippen LogP contribution in [0.3, 0.4) is 0 Å². The van der Waals surface area contributed by atoms with Gasteiger partial charge in [-0.25, -0.2) is 4.39 Å². The lowest BCUT2D eigenvalue weighted by atomic mass is 9.82. The van der Waals surface area contributed by atoms with E-state index < -0.39 is 0 Å². The molecule has 1 aromatic carbocycles. The van der Waals surface area contributed by atoms with Gasteiger partial charge in [0.15, 0.2) is 0 Å². The highest BCUT2D eigenvalue weighted by Crippen LogP contribution is 2.44. The van der Waals surface area contributed by atoms with E-state index in [0.717, 1.165) is 11.3 Å². The van der Waals surface area contributed by atoms with E-state index in [0.29, 0.717) is 17.2 Å². The molecule has 0 atom stereocenters. The van der Waals surface area contributed by atoms with E-state index in [1.807, 2.05) is 26.1 Å². The Labute approximate surface area is 150 Å². The Morgan fingerprint density at radius 2 is 1.84 bits per heavy atom. The van der Waals surface area contributed by atoms with Crippen molar-refractivity contribution in [1.29, 1.82) is 0 Å². The second kappa shape index (κ2) is 6.44. The summed E-state index contributed by atoms with van der Waals surface area (Å²) in [6.45, 7) is 10.6. The SMILES string of the molecule is COc1cc(F)c(C(C)C)cc1-c1ncc(C2CC2)cc1C(C)(C)C. The third kappa shape index (κ3) is 3.56. The molecule has 1 aromatic heterocycles. The molecule has 3 rings (SSSR count). The zero-order valence-corrected chi connectivity index (χ0v) is 16.1. The van der Waals surface area contributed by atoms with E-state index in [4.69, 9.17) is 9.72 Å². The van der Waals surface area contributed by atoms with Crippen molar-refractivity contribution in [1.82, 2.24) is 4.98 Å². The van der Waals surface area contributed by atoms with Crippen molar-refractivity contribution in [2.75, 3.05) is 7.11 Å². The Balaban J connectivity index is 2.23. The van der Waals surface area contributed by atoms with E-state index in [9.17, 15) is 4.39 Å². The van der Waals surface area contributed by atoms with Gasteiger partial charge in [-0.1, -0.05) is 40.7 Å². The smallest absolute Gasteiger partial charge is 0.131 e. The molecule has 2 nitrogen and oxygen atoms in total. The van der Waals surface area contributed by atoms with Crippen LogP contribution in [0, 0.1) is 5.82 Å². The summed E-state index contributed by atoms with van der Waals surface area (Å²) in [4.78, 5) is 4.81. The summed E-state index contributed by atoms with van der Waals surface area (Å²) in [7, 11) is 1.59. The van der Waals surface area contributed by atoms with Gasteiger partial charge in [0.25, 0.3) is 0 Å². The van der Waals surface area contributed by atoms with Gasteiger partial charge in [-0.2, -0.15) is 0 Å². The summed E-state index contributed by atoms with van der Waals surface area (Å²) in [5.41, 5.74) is 4.93. The first-order valence-corrected chi connectivity index (χ1v) is 9.10. The Morgan fingerprint density at radius 1 is 1.16 bits per heavy atom. The first-order valence-electron chi connectivity index (χ1n) is 9.10. The fourth-order valence-electron chi connectivity index (χ4n) is 3.28. The first-order chi connectivity index (χ1) is 11.7. The minimum absolute atomic E-state index is 0.0510. The highest BCUT2D eigenvalue weighted by molar-refractivity contribution is 5.72. The number of hydrogen-bond donors (Lipinski definition) is 0. The highest BCUT2D eigenvalue weighted by Gasteiger charge is 2.28. The molecule has 1 aliphatic carbocycles. The minimum atomic E-state index is -0.220. The quantitative estimate of drug-likeness (QED) is 0.661. The predicted molar refractivity (Wildman–Crippen MR) is 101 cm³/mol. The largest absolute Gasteiger partial charge is 0.496 e. The van der Waals surface area contributed by atoms with E-state index in [-0.39, 0.29) is 17.2 Å². The van der Waals surface area contributed by atoms with Crippen LogP contribution in [0.2, 0.25) is 0 Å². The Morgan fingerprint density at radius 3 is 2.36 bits per heavy atom. The molecule has 0 spiro atoms. The van der Waals surface area contributed by atoms with Crippen molar-refractivity contribution in [2.24, 2.45) is 0 Å². The molecule has 1 saturated carbocycles. The molecule has 2 aromatic rings. The normalized spacial score (nSPS) is 14.9. The maximum absolute atomic E-state index is 14.4. The second-order valence-corrected chi connectivity index (χ2v) is 8.42. The number of ether oxygens (including phenoxy) is 1. The van der Waals surface area contributed by atoms with Crippen LogP contribution in [0.25, 0.3) is 11.3 Å². The maximum Gasteiger partial charge on any atom is 0.131 e. The topological polar surface area (TPSA) is 22.1 Å². The van der Waals surface area contributed by atoms with E-state index in [1.54, 1.807) is 7.11 Å². The van der Waals surface area contributed by atoms with Crippen molar-refractivity contribution in [3.8, 4) is 17.0 Å². The average Bonchev–Trinajstić information content (AvgIpc) is 3.37. The lowest BCUT2D eigenvalue weighted by Gasteiger charge is -2.24. The number of halogens is 1. The third-order valence-corrected chi connectivity index (χ3v) is 4.96. The molecule has 1 heterocycles. The summed E-state index contributed by atoms with van der Waals surface area (Å²) in [6, 6.07) is 5.69. The lowest BCUT2D eigenvalue weighted by molar-refractivity contribution is 0.412. The number of pyridine rings is 1. The number of nitrogens with zero attached hydrogens (tertiary/aromatic N) is 1. The summed E-state index contributed by atoms with van der Waals surface area (Å²) >= 11 is 0. The molecule has 25 heavy (non-hydrogen) atoms. The Bertz CT molecular complexity index is 785. The number of rotatable bonds is 4. The van der Waals surface area contributed by atoms with Crippen LogP contribution in [0.5, 0.6) is 5.75 Å². The fraction of sp³-hybridized carbons (Fsp3) is 0.500. The fourth-order valence-corrected chi connectivity index (χ4v) is 3.28. The number of aromatic nitrogens is 1. The molecule has 0 bridgehead atoms. The van der Waals surface area contributed by atoms with Crippen LogP contribution in [0.1, 0.15) is 76.0 Å². The standard InChI is InChI=1S/C22H28FNO/c1-13(2)16-10-17(20(25-6)11-19(16)23)21-18(22(3,4)5)9-15(12-24-21)14-7-8-14/h9-14H,7-8H2,1-6H3. The Kier molecular flexibility index (Phi) is 4.61. The van der Waals surface area contributed by atoms with Gasteiger partial charge in [0, 0.05) is 17.8 Å². The Hall–Kier alpha value is -1.90. The van der Waals surface area contributed by atoms with Gasteiger partial charge in [-0.05, 0) is 52.8 Å². The van der Waals surface area contributed by atoms with Crippen LogP contribution in [0.4, 0.5) is 4.39 Å².